The highest BCUT2D eigenvalue weighted by atomic mass is 19.1. The van der Waals surface area contributed by atoms with Crippen LogP contribution in [0.5, 0.6) is 5.75 Å². The van der Waals surface area contributed by atoms with E-state index in [4.69, 9.17) is 0 Å². The predicted octanol–water partition coefficient (Wildman–Crippen LogP) is 2.05. The van der Waals surface area contributed by atoms with Crippen LogP contribution in [0.2, 0.25) is 0 Å². The Kier molecular flexibility index (Phi) is 5.33. The molecule has 0 aliphatic carbocycles. The number of hydrogen-bond acceptors (Lipinski definition) is 4. The van der Waals surface area contributed by atoms with E-state index < -0.39 is 5.82 Å². The Morgan fingerprint density at radius 3 is 3.00 bits per heavy atom. The third-order valence-corrected chi connectivity index (χ3v) is 4.14. The van der Waals surface area contributed by atoms with Crippen LogP contribution in [0.15, 0.2) is 42.6 Å². The van der Waals surface area contributed by atoms with E-state index in [0.29, 0.717) is 18.5 Å². The van der Waals surface area contributed by atoms with Crippen LogP contribution in [0.4, 0.5) is 15.0 Å². The largest absolute Gasteiger partial charge is 0.508 e. The second-order valence-electron chi connectivity index (χ2n) is 6.09. The number of halogens is 1. The van der Waals surface area contributed by atoms with Gasteiger partial charge in [0.05, 0.1) is 0 Å². The Hall–Kier alpha value is -2.83. The lowest BCUT2D eigenvalue weighted by Gasteiger charge is -2.18. The molecule has 3 N–H and O–H groups in total. The molecule has 2 amide bonds. The molecule has 25 heavy (non-hydrogen) atoms. The van der Waals surface area contributed by atoms with E-state index in [2.05, 4.69) is 20.5 Å². The van der Waals surface area contributed by atoms with Gasteiger partial charge < -0.3 is 20.6 Å². The Balaban J connectivity index is 1.41. The summed E-state index contributed by atoms with van der Waals surface area (Å²) < 4.78 is 13.2. The van der Waals surface area contributed by atoms with Crippen LogP contribution >= 0.6 is 0 Å². The summed E-state index contributed by atoms with van der Waals surface area (Å²) in [7, 11) is 0. The first-order valence-corrected chi connectivity index (χ1v) is 8.29. The van der Waals surface area contributed by atoms with Gasteiger partial charge in [-0.15, -0.1) is 0 Å². The van der Waals surface area contributed by atoms with Gasteiger partial charge in [0.2, 0.25) is 0 Å². The van der Waals surface area contributed by atoms with Gasteiger partial charge in [-0.3, -0.25) is 0 Å². The number of nitrogens with one attached hydrogen (secondary N) is 2. The van der Waals surface area contributed by atoms with Crippen molar-refractivity contribution in [1.29, 1.82) is 0 Å². The van der Waals surface area contributed by atoms with Crippen LogP contribution in [0.3, 0.4) is 0 Å². The van der Waals surface area contributed by atoms with Gasteiger partial charge in [-0.05, 0) is 42.7 Å². The number of anilines is 1. The summed E-state index contributed by atoms with van der Waals surface area (Å²) in [5.74, 6) is 0.318. The van der Waals surface area contributed by atoms with Gasteiger partial charge in [-0.25, -0.2) is 14.2 Å². The Bertz CT molecular complexity index is 706. The minimum atomic E-state index is -0.486. The van der Waals surface area contributed by atoms with Gasteiger partial charge in [0.1, 0.15) is 17.4 Å². The molecule has 1 fully saturated rings. The minimum absolute atomic E-state index is 0.0696. The highest BCUT2D eigenvalue weighted by Gasteiger charge is 2.24. The zero-order valence-corrected chi connectivity index (χ0v) is 13.8. The van der Waals surface area contributed by atoms with E-state index in [1.807, 2.05) is 18.2 Å². The normalized spacial score (nSPS) is 16.7. The summed E-state index contributed by atoms with van der Waals surface area (Å²) >= 11 is 0. The molecule has 1 atom stereocenters. The van der Waals surface area contributed by atoms with Crippen molar-refractivity contribution in [2.45, 2.75) is 18.9 Å². The van der Waals surface area contributed by atoms with E-state index >= 15 is 0 Å². The van der Waals surface area contributed by atoms with E-state index in [1.165, 1.54) is 12.1 Å². The second kappa shape index (κ2) is 7.83. The van der Waals surface area contributed by atoms with Gasteiger partial charge in [-0.1, -0.05) is 6.07 Å². The molecule has 1 aliphatic rings. The minimum Gasteiger partial charge on any atom is -0.508 e. The summed E-state index contributed by atoms with van der Waals surface area (Å²) in [6.45, 7) is 1.94. The maximum atomic E-state index is 13.2. The van der Waals surface area contributed by atoms with Gasteiger partial charge in [0, 0.05) is 37.9 Å². The Labute approximate surface area is 145 Å². The molecule has 1 saturated heterocycles. The van der Waals surface area contributed by atoms with Crippen LogP contribution in [0.25, 0.3) is 0 Å². The molecular weight excluding hydrogens is 323 g/mol. The highest BCUT2D eigenvalue weighted by Crippen LogP contribution is 2.17. The summed E-state index contributed by atoms with van der Waals surface area (Å²) in [4.78, 5) is 18.4. The van der Waals surface area contributed by atoms with E-state index in [0.717, 1.165) is 31.4 Å². The van der Waals surface area contributed by atoms with Crippen molar-refractivity contribution in [2.75, 3.05) is 24.5 Å². The quantitative estimate of drug-likeness (QED) is 0.776. The second-order valence-corrected chi connectivity index (χ2v) is 6.09. The first kappa shape index (κ1) is 17.0. The topological polar surface area (TPSA) is 77.5 Å². The summed E-state index contributed by atoms with van der Waals surface area (Å²) in [5, 5.41) is 15.1. The number of rotatable bonds is 5. The van der Waals surface area contributed by atoms with E-state index in [9.17, 15) is 14.3 Å². The molecule has 0 saturated carbocycles. The predicted molar refractivity (Wildman–Crippen MR) is 93.2 cm³/mol. The van der Waals surface area contributed by atoms with Gasteiger partial charge in [-0.2, -0.15) is 0 Å². The van der Waals surface area contributed by atoms with Crippen molar-refractivity contribution in [3.05, 3.63) is 54.0 Å². The average molecular weight is 344 g/mol. The van der Waals surface area contributed by atoms with Crippen molar-refractivity contribution in [3.63, 3.8) is 0 Å². The lowest BCUT2D eigenvalue weighted by atomic mass is 10.1. The number of carbonyl (C=O) groups is 1. The molecule has 2 aromatic rings. The van der Waals surface area contributed by atoms with Gasteiger partial charge >= 0.3 is 6.03 Å². The Morgan fingerprint density at radius 1 is 1.36 bits per heavy atom. The zero-order valence-electron chi connectivity index (χ0n) is 13.8. The molecule has 1 aromatic carbocycles. The number of hydrogen-bond donors (Lipinski definition) is 3. The molecule has 1 unspecified atom stereocenters. The molecule has 0 spiro atoms. The van der Waals surface area contributed by atoms with Crippen LogP contribution in [-0.2, 0) is 6.42 Å². The number of urea groups is 1. The number of carbonyl (C=O) groups excluding carboxylic acids is 1. The number of aromatic nitrogens is 1. The fourth-order valence-electron chi connectivity index (χ4n) is 2.96. The highest BCUT2D eigenvalue weighted by molar-refractivity contribution is 5.74. The molecule has 6 nitrogen and oxygen atoms in total. The summed E-state index contributed by atoms with van der Waals surface area (Å²) in [6.07, 6.45) is 3.07. The SMILES string of the molecule is O=C(NCCc1cc(O)cc(F)c1)NC1CCN(c2ccccn2)C1. The fraction of sp³-hybridized carbons (Fsp3) is 0.333. The zero-order chi connectivity index (χ0) is 17.6. The van der Waals surface area contributed by atoms with Crippen molar-refractivity contribution in [1.82, 2.24) is 15.6 Å². The molecule has 132 valence electrons. The molecule has 7 heteroatoms. The van der Waals surface area contributed by atoms with Gasteiger partial charge in [0.15, 0.2) is 0 Å². The molecule has 2 heterocycles. The Morgan fingerprint density at radius 2 is 2.24 bits per heavy atom. The maximum Gasteiger partial charge on any atom is 0.315 e. The van der Waals surface area contributed by atoms with E-state index in [1.54, 1.807) is 6.20 Å². The number of amides is 2. The first-order valence-electron chi connectivity index (χ1n) is 8.29. The first-order chi connectivity index (χ1) is 12.1. The molecule has 0 bridgehead atoms. The standard InChI is InChI=1S/C18H21FN4O2/c19-14-9-13(10-16(24)11-14)4-7-21-18(25)22-15-5-8-23(12-15)17-3-1-2-6-20-17/h1-3,6,9-11,15,24H,4-5,7-8,12H2,(H2,21,22,25). The third-order valence-electron chi connectivity index (χ3n) is 4.14. The number of benzene rings is 1. The molecule has 3 rings (SSSR count). The van der Waals surface area contributed by atoms with Crippen molar-refractivity contribution in [2.24, 2.45) is 0 Å². The summed E-state index contributed by atoms with van der Waals surface area (Å²) in [6, 6.07) is 9.49. The molecular formula is C18H21FN4O2. The van der Waals surface area contributed by atoms with Crippen molar-refractivity contribution in [3.8, 4) is 5.75 Å². The van der Waals surface area contributed by atoms with Crippen molar-refractivity contribution >= 4 is 11.8 Å². The smallest absolute Gasteiger partial charge is 0.315 e. The average Bonchev–Trinajstić information content (AvgIpc) is 3.03. The van der Waals surface area contributed by atoms with Crippen molar-refractivity contribution < 1.29 is 14.3 Å². The number of pyridine rings is 1. The summed E-state index contributed by atoms with van der Waals surface area (Å²) in [5.41, 5.74) is 0.639. The third kappa shape index (κ3) is 4.82. The number of phenolic OH excluding ortho intramolecular Hbond substituents is 1. The van der Waals surface area contributed by atoms with Crippen LogP contribution < -0.4 is 15.5 Å². The number of phenols is 1. The van der Waals surface area contributed by atoms with Crippen LogP contribution in [0.1, 0.15) is 12.0 Å². The number of nitrogens with zero attached hydrogens (tertiary/aromatic N) is 2. The lowest BCUT2D eigenvalue weighted by Crippen LogP contribution is -2.44. The number of aromatic hydroxyl groups is 1. The fourth-order valence-corrected chi connectivity index (χ4v) is 2.96. The molecule has 1 aromatic heterocycles. The molecule has 1 aliphatic heterocycles. The van der Waals surface area contributed by atoms with Crippen LogP contribution in [0, 0.1) is 5.82 Å². The van der Waals surface area contributed by atoms with E-state index in [-0.39, 0.29) is 17.8 Å². The lowest BCUT2D eigenvalue weighted by molar-refractivity contribution is 0.238. The van der Waals surface area contributed by atoms with Crippen LogP contribution in [-0.4, -0.2) is 41.8 Å². The van der Waals surface area contributed by atoms with Gasteiger partial charge in [0.25, 0.3) is 0 Å². The monoisotopic (exact) mass is 344 g/mol. The maximum absolute atomic E-state index is 13.2. The molecule has 0 radical (unpaired) electrons.